The smallest absolute Gasteiger partial charge is 0.315 e. The molecule has 2 amide bonds. The standard InChI is InChI=1S/C8H9N3O/c1-2-9-8(12)11-7-5-3-4-6-10-7/h2-6H,1H2,(H2,9,10,11,12). The van der Waals surface area contributed by atoms with E-state index >= 15 is 0 Å². The van der Waals surface area contributed by atoms with Gasteiger partial charge in [-0.05, 0) is 18.3 Å². The lowest BCUT2D eigenvalue weighted by Gasteiger charge is -2.01. The minimum absolute atomic E-state index is 0.344. The molecule has 1 rings (SSSR count). The number of amides is 2. The van der Waals surface area contributed by atoms with Crippen LogP contribution in [0.3, 0.4) is 0 Å². The summed E-state index contributed by atoms with van der Waals surface area (Å²) in [6.45, 7) is 3.35. The summed E-state index contributed by atoms with van der Waals surface area (Å²) in [5.41, 5.74) is 0. The Labute approximate surface area is 70.3 Å². The minimum atomic E-state index is -0.344. The second kappa shape index (κ2) is 4.12. The van der Waals surface area contributed by atoms with E-state index < -0.39 is 0 Å². The van der Waals surface area contributed by atoms with E-state index in [0.29, 0.717) is 5.82 Å². The van der Waals surface area contributed by atoms with Crippen LogP contribution in [0.1, 0.15) is 0 Å². The predicted molar refractivity (Wildman–Crippen MR) is 46.6 cm³/mol. The highest BCUT2D eigenvalue weighted by molar-refractivity contribution is 5.88. The number of hydrogen-bond acceptors (Lipinski definition) is 2. The molecular formula is C8H9N3O. The summed E-state index contributed by atoms with van der Waals surface area (Å²) >= 11 is 0. The van der Waals surface area contributed by atoms with Gasteiger partial charge in [-0.25, -0.2) is 9.78 Å². The van der Waals surface area contributed by atoms with Crippen LogP contribution in [-0.2, 0) is 0 Å². The Morgan fingerprint density at radius 2 is 2.42 bits per heavy atom. The molecule has 0 aliphatic rings. The molecule has 0 saturated carbocycles. The first kappa shape index (κ1) is 8.26. The molecule has 0 aromatic carbocycles. The largest absolute Gasteiger partial charge is 0.324 e. The fourth-order valence-corrected chi connectivity index (χ4v) is 0.682. The summed E-state index contributed by atoms with van der Waals surface area (Å²) < 4.78 is 0. The Morgan fingerprint density at radius 3 is 3.00 bits per heavy atom. The van der Waals surface area contributed by atoms with Crippen molar-refractivity contribution in [3.63, 3.8) is 0 Å². The van der Waals surface area contributed by atoms with Gasteiger partial charge in [-0.3, -0.25) is 5.32 Å². The van der Waals surface area contributed by atoms with Crippen LogP contribution in [0.5, 0.6) is 0 Å². The van der Waals surface area contributed by atoms with Crippen LogP contribution in [0.2, 0.25) is 0 Å². The number of carbonyl (C=O) groups excluding carboxylic acids is 1. The molecule has 1 heterocycles. The first-order chi connectivity index (χ1) is 5.83. The average Bonchev–Trinajstić information content (AvgIpc) is 2.06. The molecule has 4 heteroatoms. The fraction of sp³-hybridized carbons (Fsp3) is 0. The van der Waals surface area contributed by atoms with E-state index in [1.165, 1.54) is 6.20 Å². The second-order valence-corrected chi connectivity index (χ2v) is 2.02. The highest BCUT2D eigenvalue weighted by Crippen LogP contribution is 1.98. The van der Waals surface area contributed by atoms with Crippen molar-refractivity contribution in [3.05, 3.63) is 37.2 Å². The number of nitrogens with zero attached hydrogens (tertiary/aromatic N) is 1. The third kappa shape index (κ3) is 2.42. The minimum Gasteiger partial charge on any atom is -0.315 e. The van der Waals surface area contributed by atoms with Crippen LogP contribution in [-0.4, -0.2) is 11.0 Å². The molecule has 0 radical (unpaired) electrons. The molecule has 4 nitrogen and oxygen atoms in total. The van der Waals surface area contributed by atoms with Gasteiger partial charge in [0.05, 0.1) is 0 Å². The first-order valence-corrected chi connectivity index (χ1v) is 3.42. The Bertz CT molecular complexity index is 271. The van der Waals surface area contributed by atoms with Crippen LogP contribution in [0.4, 0.5) is 10.6 Å². The molecule has 2 N–H and O–H groups in total. The lowest BCUT2D eigenvalue weighted by molar-refractivity contribution is 0.255. The molecule has 0 atom stereocenters. The number of pyridine rings is 1. The van der Waals surface area contributed by atoms with Crippen molar-refractivity contribution < 1.29 is 4.79 Å². The van der Waals surface area contributed by atoms with Gasteiger partial charge in [-0.2, -0.15) is 0 Å². The molecule has 0 fully saturated rings. The van der Waals surface area contributed by atoms with E-state index in [9.17, 15) is 4.79 Å². The zero-order chi connectivity index (χ0) is 8.81. The number of hydrogen-bond donors (Lipinski definition) is 2. The van der Waals surface area contributed by atoms with E-state index in [0.717, 1.165) is 0 Å². The molecule has 0 aliphatic carbocycles. The lowest BCUT2D eigenvalue weighted by Crippen LogP contribution is -2.23. The summed E-state index contributed by atoms with van der Waals surface area (Å²) in [4.78, 5) is 14.8. The van der Waals surface area contributed by atoms with E-state index in [2.05, 4.69) is 22.2 Å². The van der Waals surface area contributed by atoms with Gasteiger partial charge in [0.25, 0.3) is 0 Å². The average molecular weight is 163 g/mol. The van der Waals surface area contributed by atoms with Crippen LogP contribution in [0, 0.1) is 0 Å². The van der Waals surface area contributed by atoms with Gasteiger partial charge in [0.2, 0.25) is 0 Å². The fourth-order valence-electron chi connectivity index (χ4n) is 0.682. The van der Waals surface area contributed by atoms with Gasteiger partial charge in [-0.1, -0.05) is 12.6 Å². The first-order valence-electron chi connectivity index (χ1n) is 3.42. The number of rotatable bonds is 2. The number of nitrogens with one attached hydrogen (secondary N) is 2. The van der Waals surface area contributed by atoms with Crippen molar-refractivity contribution in [3.8, 4) is 0 Å². The second-order valence-electron chi connectivity index (χ2n) is 2.02. The van der Waals surface area contributed by atoms with Gasteiger partial charge >= 0.3 is 6.03 Å². The Hall–Kier alpha value is -1.84. The molecule has 0 aliphatic heterocycles. The number of urea groups is 1. The van der Waals surface area contributed by atoms with Crippen molar-refractivity contribution >= 4 is 11.8 Å². The Balaban J connectivity index is 2.52. The van der Waals surface area contributed by atoms with Crippen molar-refractivity contribution in [2.24, 2.45) is 0 Å². The van der Waals surface area contributed by atoms with Crippen LogP contribution < -0.4 is 10.6 Å². The quantitative estimate of drug-likeness (QED) is 0.691. The monoisotopic (exact) mass is 163 g/mol. The summed E-state index contributed by atoms with van der Waals surface area (Å²) in [7, 11) is 0. The van der Waals surface area contributed by atoms with Gasteiger partial charge in [0.15, 0.2) is 0 Å². The molecule has 0 unspecified atom stereocenters. The molecule has 0 bridgehead atoms. The van der Waals surface area contributed by atoms with Crippen molar-refractivity contribution in [2.45, 2.75) is 0 Å². The lowest BCUT2D eigenvalue weighted by atomic mass is 10.5. The van der Waals surface area contributed by atoms with E-state index in [1.807, 2.05) is 0 Å². The third-order valence-electron chi connectivity index (χ3n) is 1.14. The van der Waals surface area contributed by atoms with Gasteiger partial charge in [0, 0.05) is 6.20 Å². The highest BCUT2D eigenvalue weighted by Gasteiger charge is 1.96. The molecule has 12 heavy (non-hydrogen) atoms. The van der Waals surface area contributed by atoms with Crippen molar-refractivity contribution in [1.29, 1.82) is 0 Å². The molecule has 0 saturated heterocycles. The maximum atomic E-state index is 10.9. The van der Waals surface area contributed by atoms with Crippen molar-refractivity contribution in [1.82, 2.24) is 10.3 Å². The zero-order valence-electron chi connectivity index (χ0n) is 6.45. The topological polar surface area (TPSA) is 54.0 Å². The molecule has 1 aromatic heterocycles. The van der Waals surface area contributed by atoms with Crippen molar-refractivity contribution in [2.75, 3.05) is 5.32 Å². The maximum Gasteiger partial charge on any atom is 0.324 e. The number of aromatic nitrogens is 1. The molecule has 62 valence electrons. The van der Waals surface area contributed by atoms with Gasteiger partial charge in [-0.15, -0.1) is 0 Å². The highest BCUT2D eigenvalue weighted by atomic mass is 16.2. The van der Waals surface area contributed by atoms with Crippen LogP contribution in [0.25, 0.3) is 0 Å². The van der Waals surface area contributed by atoms with Crippen LogP contribution in [0.15, 0.2) is 37.2 Å². The Kier molecular flexibility index (Phi) is 2.84. The third-order valence-corrected chi connectivity index (χ3v) is 1.14. The molecule has 0 spiro atoms. The summed E-state index contributed by atoms with van der Waals surface area (Å²) in [6, 6.07) is 4.92. The van der Waals surface area contributed by atoms with Gasteiger partial charge in [0.1, 0.15) is 5.82 Å². The van der Waals surface area contributed by atoms with E-state index in [-0.39, 0.29) is 6.03 Å². The summed E-state index contributed by atoms with van der Waals surface area (Å²) in [6.07, 6.45) is 2.90. The normalized spacial score (nSPS) is 8.67. The van der Waals surface area contributed by atoms with Gasteiger partial charge < -0.3 is 5.32 Å². The van der Waals surface area contributed by atoms with Crippen LogP contribution >= 0.6 is 0 Å². The summed E-state index contributed by atoms with van der Waals surface area (Å²) in [5, 5.41) is 4.88. The SMILES string of the molecule is C=CNC(=O)Nc1ccccn1. The number of carbonyl (C=O) groups is 1. The predicted octanol–water partition coefficient (Wildman–Crippen LogP) is 1.35. The summed E-state index contributed by atoms with van der Waals surface area (Å²) in [5.74, 6) is 0.511. The zero-order valence-corrected chi connectivity index (χ0v) is 6.45. The molecule has 1 aromatic rings. The number of anilines is 1. The van der Waals surface area contributed by atoms with E-state index in [4.69, 9.17) is 0 Å². The Morgan fingerprint density at radius 1 is 1.58 bits per heavy atom. The maximum absolute atomic E-state index is 10.9. The molecular weight excluding hydrogens is 154 g/mol. The van der Waals surface area contributed by atoms with E-state index in [1.54, 1.807) is 24.4 Å².